The Balaban J connectivity index is 1.34. The third kappa shape index (κ3) is 4.36. The van der Waals surface area contributed by atoms with E-state index in [0.717, 1.165) is 75.1 Å². The number of nitrogens with zero attached hydrogens (tertiary/aromatic N) is 5. The molecule has 2 saturated heterocycles. The summed E-state index contributed by atoms with van der Waals surface area (Å²) in [4.78, 5) is 27.6. The minimum absolute atomic E-state index is 0.0552. The van der Waals surface area contributed by atoms with Gasteiger partial charge in [-0.25, -0.2) is 4.98 Å². The summed E-state index contributed by atoms with van der Waals surface area (Å²) in [6, 6.07) is 6.23. The van der Waals surface area contributed by atoms with Gasteiger partial charge < -0.3 is 15.0 Å². The number of ether oxygens (including phenoxy) is 1. The molecule has 2 aliphatic rings. The lowest BCUT2D eigenvalue weighted by Gasteiger charge is -2.34. The number of rotatable bonds is 7. The zero-order valence-electron chi connectivity index (χ0n) is 17.6. The maximum Gasteiger partial charge on any atom is 0.274 e. The molecular weight excluding hydrogens is 412 g/mol. The van der Waals surface area contributed by atoms with E-state index in [1.165, 1.54) is 0 Å². The summed E-state index contributed by atoms with van der Waals surface area (Å²) < 4.78 is 7.59. The van der Waals surface area contributed by atoms with Gasteiger partial charge in [-0.15, -0.1) is 11.3 Å². The highest BCUT2D eigenvalue weighted by molar-refractivity contribution is 7.15. The van der Waals surface area contributed by atoms with Crippen LogP contribution in [0.4, 0.5) is 0 Å². The first-order valence-corrected chi connectivity index (χ1v) is 11.9. The standard InChI is InChI=1S/C22H28N6O2S/c29-21(27-7-3-4-8-27)20-19(28-11-14-31-22(28)25-20)16-23-15-18(17-5-1-2-6-24-17)26-9-12-30-13-10-26/h1-2,5-6,11,14,18,23H,3-4,7-10,12-13,15-16H2/t18-/m1/s1. The van der Waals surface area contributed by atoms with Crippen molar-refractivity contribution in [1.82, 2.24) is 29.5 Å². The van der Waals surface area contributed by atoms with Crippen molar-refractivity contribution in [2.45, 2.75) is 25.4 Å². The van der Waals surface area contributed by atoms with Crippen LogP contribution in [0.15, 0.2) is 36.0 Å². The lowest BCUT2D eigenvalue weighted by Crippen LogP contribution is -2.43. The monoisotopic (exact) mass is 440 g/mol. The second kappa shape index (κ2) is 9.44. The molecular formula is C22H28N6O2S. The number of aromatic nitrogens is 3. The number of carbonyl (C=O) groups is 1. The van der Waals surface area contributed by atoms with Crippen molar-refractivity contribution < 1.29 is 9.53 Å². The van der Waals surface area contributed by atoms with Gasteiger partial charge in [0.25, 0.3) is 5.91 Å². The zero-order valence-corrected chi connectivity index (χ0v) is 18.4. The number of amides is 1. The topological polar surface area (TPSA) is 75.0 Å². The van der Waals surface area contributed by atoms with Crippen LogP contribution in [0.1, 0.15) is 40.8 Å². The number of fused-ring (bicyclic) bond motifs is 1. The number of carbonyl (C=O) groups excluding carboxylic acids is 1. The molecule has 8 nitrogen and oxygen atoms in total. The van der Waals surface area contributed by atoms with Crippen LogP contribution < -0.4 is 5.32 Å². The molecule has 0 radical (unpaired) electrons. The van der Waals surface area contributed by atoms with Crippen LogP contribution in [-0.2, 0) is 11.3 Å². The summed E-state index contributed by atoms with van der Waals surface area (Å²) in [6.07, 6.45) is 6.00. The van der Waals surface area contributed by atoms with Gasteiger partial charge >= 0.3 is 0 Å². The molecule has 2 fully saturated rings. The number of nitrogens with one attached hydrogen (secondary N) is 1. The second-order valence-corrected chi connectivity index (χ2v) is 8.88. The van der Waals surface area contributed by atoms with E-state index in [0.29, 0.717) is 12.2 Å². The molecule has 1 amide bonds. The van der Waals surface area contributed by atoms with Gasteiger partial charge in [0.1, 0.15) is 0 Å². The first kappa shape index (κ1) is 20.6. The molecule has 0 saturated carbocycles. The highest BCUT2D eigenvalue weighted by atomic mass is 32.1. The maximum absolute atomic E-state index is 13.1. The normalized spacial score (nSPS) is 18.6. The highest BCUT2D eigenvalue weighted by Crippen LogP contribution is 2.22. The van der Waals surface area contributed by atoms with E-state index in [9.17, 15) is 4.79 Å². The maximum atomic E-state index is 13.1. The van der Waals surface area contributed by atoms with E-state index in [2.05, 4.69) is 26.3 Å². The van der Waals surface area contributed by atoms with Crippen molar-refractivity contribution in [3.63, 3.8) is 0 Å². The van der Waals surface area contributed by atoms with Gasteiger partial charge in [-0.2, -0.15) is 0 Å². The molecule has 0 spiro atoms. The van der Waals surface area contributed by atoms with Crippen LogP contribution >= 0.6 is 11.3 Å². The summed E-state index contributed by atoms with van der Waals surface area (Å²) in [6.45, 7) is 6.26. The predicted molar refractivity (Wildman–Crippen MR) is 119 cm³/mol. The lowest BCUT2D eigenvalue weighted by molar-refractivity contribution is 0.0152. The summed E-state index contributed by atoms with van der Waals surface area (Å²) in [7, 11) is 0. The molecule has 0 aliphatic carbocycles. The molecule has 3 aromatic heterocycles. The number of likely N-dealkylation sites (tertiary alicyclic amines) is 1. The minimum atomic E-state index is 0.0552. The van der Waals surface area contributed by atoms with Crippen LogP contribution in [-0.4, -0.2) is 76.0 Å². The molecule has 9 heteroatoms. The van der Waals surface area contributed by atoms with Gasteiger partial charge in [-0.05, 0) is 25.0 Å². The van der Waals surface area contributed by atoms with Crippen molar-refractivity contribution in [2.24, 2.45) is 0 Å². The Morgan fingerprint density at radius 3 is 2.81 bits per heavy atom. The van der Waals surface area contributed by atoms with E-state index in [1.807, 2.05) is 39.2 Å². The SMILES string of the molecule is O=C(c1nc2sccn2c1CNC[C@H](c1ccccn1)N1CCOCC1)N1CCCC1. The first-order chi connectivity index (χ1) is 15.3. The largest absolute Gasteiger partial charge is 0.379 e. The average Bonchev–Trinajstić information content (AvgIpc) is 3.56. The fourth-order valence-corrected chi connectivity index (χ4v) is 5.19. The molecule has 0 unspecified atom stereocenters. The van der Waals surface area contributed by atoms with Gasteiger partial charge in [0.2, 0.25) is 0 Å². The van der Waals surface area contributed by atoms with Crippen molar-refractivity contribution in [3.8, 4) is 0 Å². The van der Waals surface area contributed by atoms with Gasteiger partial charge in [0, 0.05) is 57.0 Å². The first-order valence-electron chi connectivity index (χ1n) is 11.0. The van der Waals surface area contributed by atoms with Crippen LogP contribution in [0.2, 0.25) is 0 Å². The smallest absolute Gasteiger partial charge is 0.274 e. The van der Waals surface area contributed by atoms with Crippen molar-refractivity contribution in [2.75, 3.05) is 45.9 Å². The summed E-state index contributed by atoms with van der Waals surface area (Å²) >= 11 is 1.56. The Hall–Kier alpha value is -2.33. The van der Waals surface area contributed by atoms with E-state index >= 15 is 0 Å². The molecule has 3 aromatic rings. The number of imidazole rings is 1. The summed E-state index contributed by atoms with van der Waals surface area (Å²) in [5.41, 5.74) is 2.58. The van der Waals surface area contributed by atoms with Crippen molar-refractivity contribution in [3.05, 3.63) is 53.1 Å². The van der Waals surface area contributed by atoms with Crippen LogP contribution in [0.5, 0.6) is 0 Å². The number of hydrogen-bond donors (Lipinski definition) is 1. The molecule has 0 bridgehead atoms. The number of hydrogen-bond acceptors (Lipinski definition) is 7. The third-order valence-electron chi connectivity index (χ3n) is 6.10. The quantitative estimate of drug-likeness (QED) is 0.607. The predicted octanol–water partition coefficient (Wildman–Crippen LogP) is 2.19. The number of pyridine rings is 1. The van der Waals surface area contributed by atoms with Crippen LogP contribution in [0.3, 0.4) is 0 Å². The number of morpholine rings is 1. The molecule has 1 N–H and O–H groups in total. The highest BCUT2D eigenvalue weighted by Gasteiger charge is 2.27. The van der Waals surface area contributed by atoms with Gasteiger partial charge in [0.05, 0.1) is 30.6 Å². The fraction of sp³-hybridized carbons (Fsp3) is 0.500. The molecule has 5 rings (SSSR count). The van der Waals surface area contributed by atoms with Crippen LogP contribution in [0.25, 0.3) is 4.96 Å². The Labute approximate surface area is 185 Å². The molecule has 0 aromatic carbocycles. The van der Waals surface area contributed by atoms with E-state index in [4.69, 9.17) is 4.74 Å². The second-order valence-electron chi connectivity index (χ2n) is 8.01. The Kier molecular flexibility index (Phi) is 6.26. The third-order valence-corrected chi connectivity index (χ3v) is 6.86. The minimum Gasteiger partial charge on any atom is -0.379 e. The molecule has 164 valence electrons. The molecule has 2 aliphatic heterocycles. The van der Waals surface area contributed by atoms with E-state index in [-0.39, 0.29) is 11.9 Å². The van der Waals surface area contributed by atoms with Gasteiger partial charge in [-0.3, -0.25) is 19.1 Å². The van der Waals surface area contributed by atoms with Crippen LogP contribution in [0, 0.1) is 0 Å². The Morgan fingerprint density at radius 1 is 1.19 bits per heavy atom. The summed E-state index contributed by atoms with van der Waals surface area (Å²) in [5.74, 6) is 0.0552. The average molecular weight is 441 g/mol. The molecule has 5 heterocycles. The zero-order chi connectivity index (χ0) is 21.0. The Bertz CT molecular complexity index is 1010. The van der Waals surface area contributed by atoms with Crippen molar-refractivity contribution in [1.29, 1.82) is 0 Å². The van der Waals surface area contributed by atoms with E-state index < -0.39 is 0 Å². The molecule has 31 heavy (non-hydrogen) atoms. The van der Waals surface area contributed by atoms with Gasteiger partial charge in [0.15, 0.2) is 10.7 Å². The summed E-state index contributed by atoms with van der Waals surface area (Å²) in [5, 5.41) is 5.62. The number of thiazole rings is 1. The van der Waals surface area contributed by atoms with Crippen molar-refractivity contribution >= 4 is 22.2 Å². The Morgan fingerprint density at radius 2 is 2.03 bits per heavy atom. The molecule has 1 atom stereocenters. The lowest BCUT2D eigenvalue weighted by atomic mass is 10.1. The van der Waals surface area contributed by atoms with Gasteiger partial charge in [-0.1, -0.05) is 6.07 Å². The fourth-order valence-electron chi connectivity index (χ4n) is 4.45. The van der Waals surface area contributed by atoms with E-state index in [1.54, 1.807) is 11.3 Å².